The van der Waals surface area contributed by atoms with Crippen LogP contribution in [0, 0.1) is 0 Å². The van der Waals surface area contributed by atoms with Crippen molar-refractivity contribution in [2.75, 3.05) is 13.6 Å². The fraction of sp³-hybridized carbons (Fsp3) is 0.533. The Labute approximate surface area is 109 Å². The van der Waals surface area contributed by atoms with Crippen molar-refractivity contribution in [2.45, 2.75) is 37.6 Å². The first kappa shape index (κ1) is 13.1. The van der Waals surface area contributed by atoms with Crippen LogP contribution in [0.15, 0.2) is 30.3 Å². The number of amides is 1. The molecule has 3 heteroatoms. The van der Waals surface area contributed by atoms with E-state index >= 15 is 0 Å². The summed E-state index contributed by atoms with van der Waals surface area (Å²) in [6.07, 6.45) is 4.55. The predicted octanol–water partition coefficient (Wildman–Crippen LogP) is 1.96. The smallest absolute Gasteiger partial charge is 0.224 e. The van der Waals surface area contributed by atoms with Crippen molar-refractivity contribution in [3.05, 3.63) is 35.9 Å². The fourth-order valence-corrected chi connectivity index (χ4v) is 2.31. The summed E-state index contributed by atoms with van der Waals surface area (Å²) in [6, 6.07) is 10.2. The van der Waals surface area contributed by atoms with Gasteiger partial charge in [0.2, 0.25) is 5.91 Å². The van der Waals surface area contributed by atoms with Crippen molar-refractivity contribution < 1.29 is 4.79 Å². The molecule has 2 N–H and O–H groups in total. The van der Waals surface area contributed by atoms with Crippen LogP contribution in [0.4, 0.5) is 0 Å². The van der Waals surface area contributed by atoms with E-state index in [-0.39, 0.29) is 11.4 Å². The molecule has 0 radical (unpaired) electrons. The topological polar surface area (TPSA) is 46.3 Å². The van der Waals surface area contributed by atoms with Crippen LogP contribution in [0.25, 0.3) is 0 Å². The molecular formula is C15H22N2O. The molecule has 0 bridgehead atoms. The Morgan fingerprint density at radius 3 is 2.56 bits per heavy atom. The van der Waals surface area contributed by atoms with Crippen LogP contribution in [-0.2, 0) is 11.2 Å². The van der Waals surface area contributed by atoms with Gasteiger partial charge in [-0.05, 0) is 31.2 Å². The van der Waals surface area contributed by atoms with Gasteiger partial charge in [0.25, 0.3) is 0 Å². The zero-order valence-electron chi connectivity index (χ0n) is 11.1. The normalized spacial score (nSPS) is 17.0. The highest BCUT2D eigenvalue weighted by Gasteiger charge is 2.35. The molecule has 1 saturated carbocycles. The lowest BCUT2D eigenvalue weighted by Gasteiger charge is -2.38. The van der Waals surface area contributed by atoms with Gasteiger partial charge in [0.15, 0.2) is 0 Å². The summed E-state index contributed by atoms with van der Waals surface area (Å²) in [4.78, 5) is 13.8. The minimum atomic E-state index is -0.210. The summed E-state index contributed by atoms with van der Waals surface area (Å²) in [7, 11) is 1.87. The Morgan fingerprint density at radius 1 is 1.33 bits per heavy atom. The molecule has 0 aliphatic heterocycles. The van der Waals surface area contributed by atoms with Crippen LogP contribution in [0.2, 0.25) is 0 Å². The predicted molar refractivity (Wildman–Crippen MR) is 73.2 cm³/mol. The molecular weight excluding hydrogens is 224 g/mol. The SMILES string of the molecule is CN(CCc1ccccc1)C(=O)CC1(N)CCC1. The molecule has 1 amide bonds. The van der Waals surface area contributed by atoms with Crippen molar-refractivity contribution >= 4 is 5.91 Å². The van der Waals surface area contributed by atoms with E-state index in [2.05, 4.69) is 12.1 Å². The molecule has 18 heavy (non-hydrogen) atoms. The highest BCUT2D eigenvalue weighted by atomic mass is 16.2. The second kappa shape index (κ2) is 5.53. The molecule has 0 heterocycles. The number of carbonyl (C=O) groups is 1. The van der Waals surface area contributed by atoms with Gasteiger partial charge in [-0.15, -0.1) is 0 Å². The van der Waals surface area contributed by atoms with Crippen molar-refractivity contribution in [2.24, 2.45) is 5.73 Å². The van der Waals surface area contributed by atoms with Gasteiger partial charge in [-0.2, -0.15) is 0 Å². The first-order chi connectivity index (χ1) is 8.59. The number of benzene rings is 1. The van der Waals surface area contributed by atoms with Crippen LogP contribution in [0.1, 0.15) is 31.2 Å². The maximum absolute atomic E-state index is 12.0. The lowest BCUT2D eigenvalue weighted by atomic mass is 9.75. The molecule has 0 aromatic heterocycles. The lowest BCUT2D eigenvalue weighted by molar-refractivity contribution is -0.131. The number of nitrogens with zero attached hydrogens (tertiary/aromatic N) is 1. The maximum Gasteiger partial charge on any atom is 0.224 e. The highest BCUT2D eigenvalue weighted by Crippen LogP contribution is 2.32. The number of hydrogen-bond acceptors (Lipinski definition) is 2. The van der Waals surface area contributed by atoms with E-state index in [1.54, 1.807) is 4.90 Å². The number of hydrogen-bond donors (Lipinski definition) is 1. The first-order valence-electron chi connectivity index (χ1n) is 6.66. The van der Waals surface area contributed by atoms with Gasteiger partial charge in [-0.3, -0.25) is 4.79 Å². The number of carbonyl (C=O) groups excluding carboxylic acids is 1. The second-order valence-electron chi connectivity index (χ2n) is 5.44. The first-order valence-corrected chi connectivity index (χ1v) is 6.66. The molecule has 0 atom stereocenters. The lowest BCUT2D eigenvalue weighted by Crippen LogP contribution is -2.50. The number of likely N-dealkylation sites (N-methyl/N-ethyl adjacent to an activating group) is 1. The molecule has 1 fully saturated rings. The Bertz CT molecular complexity index is 398. The Kier molecular flexibility index (Phi) is 4.02. The van der Waals surface area contributed by atoms with E-state index in [9.17, 15) is 4.79 Å². The number of nitrogens with two attached hydrogens (primary N) is 1. The van der Waals surface area contributed by atoms with E-state index in [1.165, 1.54) is 5.56 Å². The Morgan fingerprint density at radius 2 is 2.00 bits per heavy atom. The Hall–Kier alpha value is -1.35. The fourth-order valence-electron chi connectivity index (χ4n) is 2.31. The van der Waals surface area contributed by atoms with Gasteiger partial charge in [0, 0.05) is 25.6 Å². The summed E-state index contributed by atoms with van der Waals surface area (Å²) < 4.78 is 0. The summed E-state index contributed by atoms with van der Waals surface area (Å²) in [6.45, 7) is 0.763. The summed E-state index contributed by atoms with van der Waals surface area (Å²) in [5, 5.41) is 0. The van der Waals surface area contributed by atoms with E-state index in [0.717, 1.165) is 32.2 Å². The van der Waals surface area contributed by atoms with Gasteiger partial charge in [0.1, 0.15) is 0 Å². The van der Waals surface area contributed by atoms with Gasteiger partial charge >= 0.3 is 0 Å². The third kappa shape index (κ3) is 3.33. The number of rotatable bonds is 5. The summed E-state index contributed by atoms with van der Waals surface area (Å²) in [5.41, 5.74) is 7.16. The summed E-state index contributed by atoms with van der Waals surface area (Å²) in [5.74, 6) is 0.174. The highest BCUT2D eigenvalue weighted by molar-refractivity contribution is 5.77. The molecule has 0 saturated heterocycles. The molecule has 1 aromatic rings. The standard InChI is InChI=1S/C15H22N2O/c1-17(11-8-13-6-3-2-4-7-13)14(18)12-15(16)9-5-10-15/h2-4,6-7H,5,8-12,16H2,1H3. The zero-order chi connectivity index (χ0) is 13.0. The molecule has 2 rings (SSSR count). The monoisotopic (exact) mass is 246 g/mol. The largest absolute Gasteiger partial charge is 0.345 e. The van der Waals surface area contributed by atoms with Crippen LogP contribution >= 0.6 is 0 Å². The molecule has 3 nitrogen and oxygen atoms in total. The molecule has 0 spiro atoms. The van der Waals surface area contributed by atoms with E-state index in [0.29, 0.717) is 6.42 Å². The maximum atomic E-state index is 12.0. The molecule has 1 aliphatic rings. The summed E-state index contributed by atoms with van der Waals surface area (Å²) >= 11 is 0. The van der Waals surface area contributed by atoms with Gasteiger partial charge in [-0.25, -0.2) is 0 Å². The Balaban J connectivity index is 1.77. The van der Waals surface area contributed by atoms with E-state index in [4.69, 9.17) is 5.73 Å². The minimum absolute atomic E-state index is 0.174. The van der Waals surface area contributed by atoms with Crippen LogP contribution < -0.4 is 5.73 Å². The average Bonchev–Trinajstić information content (AvgIpc) is 2.35. The zero-order valence-corrected chi connectivity index (χ0v) is 11.1. The van der Waals surface area contributed by atoms with E-state index in [1.807, 2.05) is 25.2 Å². The van der Waals surface area contributed by atoms with Gasteiger partial charge in [-0.1, -0.05) is 30.3 Å². The molecule has 98 valence electrons. The third-order valence-corrected chi connectivity index (χ3v) is 3.86. The molecule has 1 aliphatic carbocycles. The van der Waals surface area contributed by atoms with Crippen molar-refractivity contribution in [3.8, 4) is 0 Å². The van der Waals surface area contributed by atoms with Gasteiger partial charge < -0.3 is 10.6 Å². The van der Waals surface area contributed by atoms with Crippen LogP contribution in [0.3, 0.4) is 0 Å². The van der Waals surface area contributed by atoms with Crippen LogP contribution in [-0.4, -0.2) is 29.9 Å². The molecule has 1 aromatic carbocycles. The molecule has 0 unspecified atom stereocenters. The van der Waals surface area contributed by atoms with Crippen molar-refractivity contribution in [1.29, 1.82) is 0 Å². The average molecular weight is 246 g/mol. The van der Waals surface area contributed by atoms with Crippen LogP contribution in [0.5, 0.6) is 0 Å². The second-order valence-corrected chi connectivity index (χ2v) is 5.44. The van der Waals surface area contributed by atoms with Crippen molar-refractivity contribution in [3.63, 3.8) is 0 Å². The third-order valence-electron chi connectivity index (χ3n) is 3.86. The van der Waals surface area contributed by atoms with Crippen molar-refractivity contribution in [1.82, 2.24) is 4.90 Å². The van der Waals surface area contributed by atoms with E-state index < -0.39 is 0 Å². The minimum Gasteiger partial charge on any atom is -0.345 e. The van der Waals surface area contributed by atoms with Gasteiger partial charge in [0.05, 0.1) is 0 Å². The quantitative estimate of drug-likeness (QED) is 0.863.